The van der Waals surface area contributed by atoms with Gasteiger partial charge in [-0.25, -0.2) is 0 Å². The molecule has 1 N–H and O–H groups in total. The number of hydrogen-bond donors (Lipinski definition) is 1. The van der Waals surface area contributed by atoms with Crippen molar-refractivity contribution in [1.82, 2.24) is 5.32 Å². The molecule has 19 heavy (non-hydrogen) atoms. The van der Waals surface area contributed by atoms with Crippen LogP contribution < -0.4 is 5.32 Å². The highest BCUT2D eigenvalue weighted by Crippen LogP contribution is 2.40. The number of ether oxygens (including phenoxy) is 2. The highest BCUT2D eigenvalue weighted by atomic mass is 16.5. The molecule has 1 heterocycles. The maximum absolute atomic E-state index is 12.3. The molecular weight excluding hydrogens is 242 g/mol. The zero-order valence-electron chi connectivity index (χ0n) is 12.3. The van der Waals surface area contributed by atoms with Gasteiger partial charge in [0.25, 0.3) is 5.91 Å². The summed E-state index contributed by atoms with van der Waals surface area (Å²) in [4.78, 5) is 12.3. The molecule has 1 aliphatic carbocycles. The third kappa shape index (κ3) is 3.48. The van der Waals surface area contributed by atoms with Crippen LogP contribution in [-0.2, 0) is 14.3 Å². The molecule has 110 valence electrons. The monoisotopic (exact) mass is 269 g/mol. The Bertz CT molecular complexity index is 307. The lowest BCUT2D eigenvalue weighted by molar-refractivity contribution is -0.151. The van der Waals surface area contributed by atoms with Gasteiger partial charge in [0.15, 0.2) is 0 Å². The number of rotatable bonds is 6. The molecule has 0 spiro atoms. The molecule has 2 aliphatic rings. The number of amides is 1. The summed E-state index contributed by atoms with van der Waals surface area (Å²) in [6.45, 7) is 6.87. The first kappa shape index (κ1) is 14.8. The van der Waals surface area contributed by atoms with Gasteiger partial charge in [0, 0.05) is 25.2 Å². The van der Waals surface area contributed by atoms with Crippen LogP contribution in [0.1, 0.15) is 52.4 Å². The van der Waals surface area contributed by atoms with Gasteiger partial charge in [-0.05, 0) is 46.0 Å². The van der Waals surface area contributed by atoms with E-state index in [2.05, 4.69) is 5.32 Å². The van der Waals surface area contributed by atoms with E-state index < -0.39 is 5.60 Å². The molecule has 1 aliphatic heterocycles. The topological polar surface area (TPSA) is 47.6 Å². The van der Waals surface area contributed by atoms with Crippen LogP contribution in [0.2, 0.25) is 0 Å². The molecule has 0 aromatic heterocycles. The van der Waals surface area contributed by atoms with Gasteiger partial charge in [0.2, 0.25) is 0 Å². The Morgan fingerprint density at radius 2 is 2.05 bits per heavy atom. The van der Waals surface area contributed by atoms with Crippen molar-refractivity contribution in [3.8, 4) is 0 Å². The molecule has 4 nitrogen and oxygen atoms in total. The zero-order valence-corrected chi connectivity index (χ0v) is 12.3. The van der Waals surface area contributed by atoms with E-state index in [0.717, 1.165) is 51.9 Å². The van der Waals surface area contributed by atoms with E-state index in [1.807, 2.05) is 13.8 Å². The molecule has 0 radical (unpaired) electrons. The minimum atomic E-state index is -0.616. The second-order valence-corrected chi connectivity index (χ2v) is 6.21. The average Bonchev–Trinajstić information content (AvgIpc) is 2.37. The summed E-state index contributed by atoms with van der Waals surface area (Å²) in [5, 5.41) is 3.10. The van der Waals surface area contributed by atoms with E-state index in [4.69, 9.17) is 9.47 Å². The third-order valence-electron chi connectivity index (χ3n) is 4.60. The minimum absolute atomic E-state index is 0.0509. The van der Waals surface area contributed by atoms with E-state index in [1.54, 1.807) is 0 Å². The van der Waals surface area contributed by atoms with Crippen LogP contribution >= 0.6 is 0 Å². The standard InChI is InChI=1S/C15H27NO3/c1-3-18-12-15(8-6-9-15)11-16-13(17)14(2)7-4-5-10-19-14/h3-12H2,1-2H3,(H,16,17). The second kappa shape index (κ2) is 6.23. The Morgan fingerprint density at radius 3 is 2.58 bits per heavy atom. The Morgan fingerprint density at radius 1 is 1.26 bits per heavy atom. The van der Waals surface area contributed by atoms with Gasteiger partial charge in [-0.3, -0.25) is 4.79 Å². The number of carbonyl (C=O) groups excluding carboxylic acids is 1. The van der Waals surface area contributed by atoms with Crippen LogP contribution in [0, 0.1) is 5.41 Å². The van der Waals surface area contributed by atoms with Crippen LogP contribution in [0.15, 0.2) is 0 Å². The average molecular weight is 269 g/mol. The van der Waals surface area contributed by atoms with Gasteiger partial charge in [0.1, 0.15) is 5.60 Å². The molecule has 1 unspecified atom stereocenters. The minimum Gasteiger partial charge on any atom is -0.381 e. The van der Waals surface area contributed by atoms with Crippen molar-refractivity contribution in [1.29, 1.82) is 0 Å². The van der Waals surface area contributed by atoms with Crippen molar-refractivity contribution in [3.05, 3.63) is 0 Å². The van der Waals surface area contributed by atoms with E-state index in [0.29, 0.717) is 6.61 Å². The third-order valence-corrected chi connectivity index (χ3v) is 4.60. The fourth-order valence-electron chi connectivity index (χ4n) is 2.94. The molecule has 1 atom stereocenters. The zero-order chi connectivity index (χ0) is 13.8. The van der Waals surface area contributed by atoms with Crippen LogP contribution in [0.25, 0.3) is 0 Å². The van der Waals surface area contributed by atoms with E-state index in [9.17, 15) is 4.79 Å². The predicted molar refractivity (Wildman–Crippen MR) is 74.0 cm³/mol. The Labute approximate surface area is 116 Å². The molecule has 4 heteroatoms. The molecule has 0 bridgehead atoms. The second-order valence-electron chi connectivity index (χ2n) is 6.21. The van der Waals surface area contributed by atoms with Crippen LogP contribution in [-0.4, -0.2) is 37.9 Å². The Kier molecular flexibility index (Phi) is 4.85. The lowest BCUT2D eigenvalue weighted by Gasteiger charge is -2.42. The van der Waals surface area contributed by atoms with Crippen LogP contribution in [0.4, 0.5) is 0 Å². The summed E-state index contributed by atoms with van der Waals surface area (Å²) in [5.41, 5.74) is -0.439. The molecule has 1 saturated carbocycles. The van der Waals surface area contributed by atoms with Crippen molar-refractivity contribution in [2.45, 2.75) is 58.0 Å². The molecule has 1 saturated heterocycles. The molecule has 2 fully saturated rings. The fraction of sp³-hybridized carbons (Fsp3) is 0.933. The number of carbonyl (C=O) groups is 1. The molecule has 2 rings (SSSR count). The normalized spacial score (nSPS) is 29.6. The van der Waals surface area contributed by atoms with E-state index >= 15 is 0 Å². The van der Waals surface area contributed by atoms with Gasteiger partial charge in [-0.15, -0.1) is 0 Å². The predicted octanol–water partition coefficient (Wildman–Crippen LogP) is 2.27. The van der Waals surface area contributed by atoms with Crippen LogP contribution in [0.5, 0.6) is 0 Å². The first-order chi connectivity index (χ1) is 9.10. The van der Waals surface area contributed by atoms with E-state index in [1.165, 1.54) is 6.42 Å². The summed E-state index contributed by atoms with van der Waals surface area (Å²) < 4.78 is 11.2. The van der Waals surface area contributed by atoms with Gasteiger partial charge >= 0.3 is 0 Å². The number of nitrogens with one attached hydrogen (secondary N) is 1. The summed E-state index contributed by atoms with van der Waals surface area (Å²) >= 11 is 0. The molecule has 1 amide bonds. The van der Waals surface area contributed by atoms with Gasteiger partial charge < -0.3 is 14.8 Å². The maximum atomic E-state index is 12.3. The fourth-order valence-corrected chi connectivity index (χ4v) is 2.94. The lowest BCUT2D eigenvalue weighted by Crippen LogP contribution is -2.53. The van der Waals surface area contributed by atoms with Gasteiger partial charge in [-0.1, -0.05) is 6.42 Å². The summed E-state index contributed by atoms with van der Waals surface area (Å²) in [6, 6.07) is 0. The van der Waals surface area contributed by atoms with E-state index in [-0.39, 0.29) is 11.3 Å². The van der Waals surface area contributed by atoms with Crippen molar-refractivity contribution in [2.75, 3.05) is 26.4 Å². The van der Waals surface area contributed by atoms with Crippen LogP contribution in [0.3, 0.4) is 0 Å². The smallest absolute Gasteiger partial charge is 0.251 e. The highest BCUT2D eigenvalue weighted by Gasteiger charge is 2.40. The van der Waals surface area contributed by atoms with Gasteiger partial charge in [0.05, 0.1) is 6.61 Å². The molecule has 0 aromatic rings. The summed E-state index contributed by atoms with van der Waals surface area (Å²) in [7, 11) is 0. The summed E-state index contributed by atoms with van der Waals surface area (Å²) in [6.07, 6.45) is 6.54. The Hall–Kier alpha value is -0.610. The van der Waals surface area contributed by atoms with Crippen molar-refractivity contribution in [2.24, 2.45) is 5.41 Å². The quantitative estimate of drug-likeness (QED) is 0.804. The Balaban J connectivity index is 1.81. The first-order valence-corrected chi connectivity index (χ1v) is 7.60. The van der Waals surface area contributed by atoms with Gasteiger partial charge in [-0.2, -0.15) is 0 Å². The first-order valence-electron chi connectivity index (χ1n) is 7.60. The van der Waals surface area contributed by atoms with Crippen molar-refractivity contribution < 1.29 is 14.3 Å². The lowest BCUT2D eigenvalue weighted by atomic mass is 9.69. The number of hydrogen-bond acceptors (Lipinski definition) is 3. The largest absolute Gasteiger partial charge is 0.381 e. The maximum Gasteiger partial charge on any atom is 0.251 e. The van der Waals surface area contributed by atoms with Crippen molar-refractivity contribution in [3.63, 3.8) is 0 Å². The SMILES string of the molecule is CCOCC1(CNC(=O)C2(C)CCCCO2)CCC1. The molecular formula is C15H27NO3. The summed E-state index contributed by atoms with van der Waals surface area (Å²) in [5.74, 6) is 0.0509. The highest BCUT2D eigenvalue weighted by molar-refractivity contribution is 5.84. The van der Waals surface area contributed by atoms with Crippen molar-refractivity contribution >= 4 is 5.91 Å². The molecule has 0 aromatic carbocycles.